The molecule has 4 aromatic rings. The first-order valence-corrected chi connectivity index (χ1v) is 8.02. The molecule has 0 spiro atoms. The lowest BCUT2D eigenvalue weighted by atomic mass is 10.1. The van der Waals surface area contributed by atoms with Crippen molar-refractivity contribution in [3.05, 3.63) is 71.6 Å². The first kappa shape index (κ1) is 16.8. The van der Waals surface area contributed by atoms with Gasteiger partial charge in [-0.1, -0.05) is 5.16 Å². The van der Waals surface area contributed by atoms with Crippen LogP contribution in [-0.2, 0) is 17.6 Å². The van der Waals surface area contributed by atoms with Crippen LogP contribution < -0.4 is 5.73 Å². The molecule has 3 aromatic heterocycles. The summed E-state index contributed by atoms with van der Waals surface area (Å²) in [5, 5.41) is 3.83. The van der Waals surface area contributed by atoms with Gasteiger partial charge in [-0.25, -0.2) is 13.8 Å². The molecule has 7 nitrogen and oxygen atoms in total. The molecule has 3 heterocycles. The Bertz CT molecular complexity index is 1130. The Labute approximate surface area is 151 Å². The lowest BCUT2D eigenvalue weighted by Gasteiger charge is -2.03. The fourth-order valence-corrected chi connectivity index (χ4v) is 2.81. The second-order valence-corrected chi connectivity index (χ2v) is 5.91. The summed E-state index contributed by atoms with van der Waals surface area (Å²) < 4.78 is 33.6. The molecular weight excluding hydrogens is 356 g/mol. The van der Waals surface area contributed by atoms with Gasteiger partial charge in [0.1, 0.15) is 23.7 Å². The molecule has 0 aliphatic heterocycles. The maximum atomic E-state index is 13.8. The van der Waals surface area contributed by atoms with Crippen LogP contribution in [0.25, 0.3) is 16.9 Å². The molecule has 0 saturated carbocycles. The molecule has 0 aliphatic carbocycles. The van der Waals surface area contributed by atoms with Crippen LogP contribution >= 0.6 is 0 Å². The second kappa shape index (κ2) is 6.60. The third kappa shape index (κ3) is 3.39. The smallest absolute Gasteiger partial charge is 0.236 e. The van der Waals surface area contributed by atoms with Gasteiger partial charge in [-0.05, 0) is 36.4 Å². The van der Waals surface area contributed by atoms with Crippen LogP contribution in [0.1, 0.15) is 17.4 Å². The minimum atomic E-state index is -0.589. The van der Waals surface area contributed by atoms with E-state index in [1.54, 1.807) is 22.6 Å². The summed E-state index contributed by atoms with van der Waals surface area (Å²) in [6, 6.07) is 8.67. The van der Waals surface area contributed by atoms with E-state index >= 15 is 0 Å². The average molecular weight is 369 g/mol. The van der Waals surface area contributed by atoms with Crippen molar-refractivity contribution in [3.8, 4) is 11.3 Å². The Morgan fingerprint density at radius 2 is 1.81 bits per heavy atom. The number of pyridine rings is 1. The maximum absolute atomic E-state index is 13.8. The van der Waals surface area contributed by atoms with E-state index in [0.29, 0.717) is 28.4 Å². The quantitative estimate of drug-likeness (QED) is 0.582. The minimum absolute atomic E-state index is 0.0980. The van der Waals surface area contributed by atoms with Crippen LogP contribution in [0, 0.1) is 11.6 Å². The van der Waals surface area contributed by atoms with Crippen molar-refractivity contribution >= 4 is 11.6 Å². The van der Waals surface area contributed by atoms with Crippen molar-refractivity contribution in [2.45, 2.75) is 12.8 Å². The maximum Gasteiger partial charge on any atom is 0.236 e. The van der Waals surface area contributed by atoms with Crippen molar-refractivity contribution in [2.24, 2.45) is 5.73 Å². The summed E-state index contributed by atoms with van der Waals surface area (Å²) in [6.45, 7) is 0. The van der Waals surface area contributed by atoms with E-state index in [2.05, 4.69) is 15.1 Å². The first-order chi connectivity index (χ1) is 13.0. The number of carbonyl (C=O) groups is 1. The molecule has 4 rings (SSSR count). The number of primary amides is 1. The van der Waals surface area contributed by atoms with E-state index in [4.69, 9.17) is 10.3 Å². The third-order valence-electron chi connectivity index (χ3n) is 3.96. The van der Waals surface area contributed by atoms with Crippen LogP contribution in [0.4, 0.5) is 8.78 Å². The molecule has 0 unspecified atom stereocenters. The number of imidazole rings is 1. The zero-order valence-electron chi connectivity index (χ0n) is 13.9. The minimum Gasteiger partial charge on any atom is -0.369 e. The largest absolute Gasteiger partial charge is 0.369 e. The molecule has 1 aromatic carbocycles. The Kier molecular flexibility index (Phi) is 4.11. The van der Waals surface area contributed by atoms with Gasteiger partial charge in [-0.15, -0.1) is 0 Å². The number of amides is 1. The lowest BCUT2D eigenvalue weighted by molar-refractivity contribution is -0.117. The SMILES string of the molecule is NC(=O)Cc1nc(Cc2c(-c3ccc(F)cc3)nc3ccc(F)cn23)no1. The first-order valence-electron chi connectivity index (χ1n) is 8.02. The molecule has 0 atom stereocenters. The highest BCUT2D eigenvalue weighted by atomic mass is 19.1. The van der Waals surface area contributed by atoms with Gasteiger partial charge in [-0.3, -0.25) is 4.79 Å². The van der Waals surface area contributed by atoms with E-state index in [1.165, 1.54) is 24.4 Å². The highest BCUT2D eigenvalue weighted by molar-refractivity contribution is 5.75. The number of carbonyl (C=O) groups excluding carboxylic acids is 1. The van der Waals surface area contributed by atoms with E-state index in [-0.39, 0.29) is 24.5 Å². The van der Waals surface area contributed by atoms with Gasteiger partial charge in [0.15, 0.2) is 5.82 Å². The Balaban J connectivity index is 1.80. The summed E-state index contributed by atoms with van der Waals surface area (Å²) in [5.74, 6) is -1.01. The van der Waals surface area contributed by atoms with Crippen LogP contribution in [0.5, 0.6) is 0 Å². The van der Waals surface area contributed by atoms with Crippen LogP contribution in [0.15, 0.2) is 47.1 Å². The lowest BCUT2D eigenvalue weighted by Crippen LogP contribution is -2.13. The van der Waals surface area contributed by atoms with Crippen molar-refractivity contribution in [2.75, 3.05) is 0 Å². The molecule has 0 fully saturated rings. The standard InChI is InChI=1S/C18H13F2N5O2/c19-11-3-1-10(2-4-11)18-13(25-9-12(20)5-6-16(25)23-18)7-15-22-17(27-24-15)8-14(21)26/h1-6,9H,7-8H2,(H2,21,26). The molecule has 1 amide bonds. The predicted octanol–water partition coefficient (Wildman–Crippen LogP) is 2.28. The van der Waals surface area contributed by atoms with Gasteiger partial charge in [-0.2, -0.15) is 4.98 Å². The van der Waals surface area contributed by atoms with Gasteiger partial charge in [0.25, 0.3) is 0 Å². The van der Waals surface area contributed by atoms with Gasteiger partial charge in [0.05, 0.1) is 17.8 Å². The van der Waals surface area contributed by atoms with Crippen LogP contribution in [0.3, 0.4) is 0 Å². The number of aromatic nitrogens is 4. The fraction of sp³-hybridized carbons (Fsp3) is 0.111. The summed E-state index contributed by atoms with van der Waals surface area (Å²) in [5.41, 5.74) is 7.45. The van der Waals surface area contributed by atoms with E-state index in [0.717, 1.165) is 0 Å². The number of fused-ring (bicyclic) bond motifs is 1. The number of hydrogen-bond donors (Lipinski definition) is 1. The van der Waals surface area contributed by atoms with Crippen LogP contribution in [-0.4, -0.2) is 25.4 Å². The number of nitrogens with two attached hydrogens (primary N) is 1. The number of rotatable bonds is 5. The molecule has 9 heteroatoms. The number of nitrogens with zero attached hydrogens (tertiary/aromatic N) is 4. The van der Waals surface area contributed by atoms with E-state index in [9.17, 15) is 13.6 Å². The fourth-order valence-electron chi connectivity index (χ4n) is 2.81. The zero-order valence-corrected chi connectivity index (χ0v) is 13.9. The Morgan fingerprint density at radius 3 is 2.56 bits per heavy atom. The second-order valence-electron chi connectivity index (χ2n) is 5.91. The average Bonchev–Trinajstić information content (AvgIpc) is 3.20. The van der Waals surface area contributed by atoms with Crippen molar-refractivity contribution in [1.29, 1.82) is 0 Å². The Morgan fingerprint density at radius 1 is 1.07 bits per heavy atom. The Hall–Kier alpha value is -3.62. The molecule has 0 radical (unpaired) electrons. The monoisotopic (exact) mass is 369 g/mol. The molecule has 136 valence electrons. The van der Waals surface area contributed by atoms with E-state index < -0.39 is 11.7 Å². The number of hydrogen-bond acceptors (Lipinski definition) is 5. The van der Waals surface area contributed by atoms with Crippen molar-refractivity contribution in [1.82, 2.24) is 19.5 Å². The normalized spacial score (nSPS) is 11.2. The van der Waals surface area contributed by atoms with Crippen molar-refractivity contribution < 1.29 is 18.1 Å². The van der Waals surface area contributed by atoms with Crippen LogP contribution in [0.2, 0.25) is 0 Å². The summed E-state index contributed by atoms with van der Waals surface area (Å²) in [7, 11) is 0. The molecular formula is C18H13F2N5O2. The summed E-state index contributed by atoms with van der Waals surface area (Å²) >= 11 is 0. The highest BCUT2D eigenvalue weighted by Gasteiger charge is 2.18. The van der Waals surface area contributed by atoms with Gasteiger partial charge in [0, 0.05) is 11.8 Å². The van der Waals surface area contributed by atoms with Gasteiger partial charge in [0.2, 0.25) is 11.8 Å². The molecule has 27 heavy (non-hydrogen) atoms. The number of benzene rings is 1. The van der Waals surface area contributed by atoms with Gasteiger partial charge < -0.3 is 14.7 Å². The molecule has 0 bridgehead atoms. The third-order valence-corrected chi connectivity index (χ3v) is 3.96. The zero-order chi connectivity index (χ0) is 19.0. The molecule has 2 N–H and O–H groups in total. The number of halogens is 2. The van der Waals surface area contributed by atoms with E-state index in [1.807, 2.05) is 0 Å². The summed E-state index contributed by atoms with van der Waals surface area (Å²) in [6.07, 6.45) is 1.30. The predicted molar refractivity (Wildman–Crippen MR) is 90.5 cm³/mol. The van der Waals surface area contributed by atoms with Gasteiger partial charge >= 0.3 is 0 Å². The topological polar surface area (TPSA) is 99.3 Å². The molecule has 0 aliphatic rings. The van der Waals surface area contributed by atoms with Crippen molar-refractivity contribution in [3.63, 3.8) is 0 Å². The molecule has 0 saturated heterocycles. The highest BCUT2D eigenvalue weighted by Crippen LogP contribution is 2.26. The summed E-state index contributed by atoms with van der Waals surface area (Å²) in [4.78, 5) is 19.6.